The molecule has 2 heterocycles. The summed E-state index contributed by atoms with van der Waals surface area (Å²) in [4.78, 5) is 17.2. The first-order valence-electron chi connectivity index (χ1n) is 6.13. The number of thiophene rings is 1. The van der Waals surface area contributed by atoms with Crippen molar-refractivity contribution in [1.82, 2.24) is 0 Å². The van der Waals surface area contributed by atoms with Crippen LogP contribution < -0.4 is 15.5 Å². The Bertz CT molecular complexity index is 623. The Morgan fingerprint density at radius 3 is 2.63 bits per heavy atom. The number of anilines is 3. The van der Waals surface area contributed by atoms with E-state index in [4.69, 9.17) is 5.73 Å². The van der Waals surface area contributed by atoms with Gasteiger partial charge in [0.1, 0.15) is 4.88 Å². The van der Waals surface area contributed by atoms with Gasteiger partial charge < -0.3 is 15.5 Å². The van der Waals surface area contributed by atoms with Crippen LogP contribution in [0.15, 0.2) is 35.7 Å². The lowest BCUT2D eigenvalue weighted by molar-refractivity contribution is 0.0991. The first-order valence-corrected chi connectivity index (χ1v) is 7.01. The first-order chi connectivity index (χ1) is 9.18. The molecule has 0 atom stereocenters. The normalized spacial score (nSPS) is 14.4. The Balaban J connectivity index is 2.01. The lowest BCUT2D eigenvalue weighted by atomic mass is 10.1. The van der Waals surface area contributed by atoms with Gasteiger partial charge in [-0.15, -0.1) is 11.3 Å². The summed E-state index contributed by atoms with van der Waals surface area (Å²) >= 11 is 1.40. The molecule has 0 spiro atoms. The summed E-state index contributed by atoms with van der Waals surface area (Å²) < 4.78 is 0. The number of carbonyl (C=O) groups is 1. The van der Waals surface area contributed by atoms with E-state index in [1.54, 1.807) is 6.07 Å². The van der Waals surface area contributed by atoms with Gasteiger partial charge in [-0.3, -0.25) is 4.79 Å². The van der Waals surface area contributed by atoms with Gasteiger partial charge in [0.05, 0.1) is 17.1 Å². The molecule has 1 aromatic heterocycles. The first kappa shape index (κ1) is 12.0. The molecule has 0 radical (unpaired) electrons. The van der Waals surface area contributed by atoms with E-state index in [9.17, 15) is 4.79 Å². The van der Waals surface area contributed by atoms with Crippen molar-refractivity contribution < 1.29 is 4.79 Å². The van der Waals surface area contributed by atoms with Crippen molar-refractivity contribution in [2.75, 3.05) is 35.7 Å². The number of carbonyl (C=O) groups excluding carboxylic acids is 1. The molecule has 5 heteroatoms. The number of hydrogen-bond acceptors (Lipinski definition) is 4. The monoisotopic (exact) mass is 273 g/mol. The predicted octanol–water partition coefficient (Wildman–Crippen LogP) is 2.43. The second kappa shape index (κ2) is 4.59. The third-order valence-electron chi connectivity index (χ3n) is 3.38. The average molecular weight is 273 g/mol. The Labute approximate surface area is 116 Å². The molecule has 0 saturated carbocycles. The van der Waals surface area contributed by atoms with E-state index in [1.165, 1.54) is 11.3 Å². The van der Waals surface area contributed by atoms with Crippen LogP contribution in [0.1, 0.15) is 9.67 Å². The van der Waals surface area contributed by atoms with Crippen LogP contribution in [0, 0.1) is 0 Å². The van der Waals surface area contributed by atoms with E-state index in [1.807, 2.05) is 41.6 Å². The number of rotatable bonds is 1. The van der Waals surface area contributed by atoms with Crippen molar-refractivity contribution in [2.45, 2.75) is 0 Å². The van der Waals surface area contributed by atoms with Gasteiger partial charge in [-0.25, -0.2) is 0 Å². The smallest absolute Gasteiger partial charge is 0.270 e. The fraction of sp³-hybridized carbons (Fsp3) is 0.214. The minimum absolute atomic E-state index is 0.00644. The highest BCUT2D eigenvalue weighted by Crippen LogP contribution is 2.34. The number of nitrogens with zero attached hydrogens (tertiary/aromatic N) is 2. The van der Waals surface area contributed by atoms with E-state index in [0.29, 0.717) is 17.1 Å². The lowest BCUT2D eigenvalue weighted by Gasteiger charge is -2.35. The van der Waals surface area contributed by atoms with Crippen LogP contribution in [0.2, 0.25) is 0 Å². The maximum absolute atomic E-state index is 12.6. The summed E-state index contributed by atoms with van der Waals surface area (Å²) in [5.74, 6) is -0.00644. The highest BCUT2D eigenvalue weighted by atomic mass is 32.1. The van der Waals surface area contributed by atoms with Gasteiger partial charge in [0.15, 0.2) is 0 Å². The average Bonchev–Trinajstić information content (AvgIpc) is 2.85. The van der Waals surface area contributed by atoms with Crippen LogP contribution in [0.5, 0.6) is 0 Å². The molecule has 1 aliphatic heterocycles. The van der Waals surface area contributed by atoms with E-state index in [2.05, 4.69) is 4.90 Å². The molecule has 98 valence electrons. The van der Waals surface area contributed by atoms with Crippen LogP contribution in [0.3, 0.4) is 0 Å². The number of benzene rings is 1. The van der Waals surface area contributed by atoms with Crippen molar-refractivity contribution >= 4 is 34.3 Å². The number of para-hydroxylation sites is 2. The number of amides is 1. The summed E-state index contributed by atoms with van der Waals surface area (Å²) in [7, 11) is 2.04. The van der Waals surface area contributed by atoms with Crippen molar-refractivity contribution in [2.24, 2.45) is 0 Å². The van der Waals surface area contributed by atoms with Crippen molar-refractivity contribution in [1.29, 1.82) is 0 Å². The molecule has 0 aliphatic carbocycles. The standard InChI is InChI=1S/C14H15N3OS/c1-16-7-8-17(12-5-3-2-4-11(12)16)14(18)13-10(15)6-9-19-13/h2-6,9H,7-8,15H2,1H3. The molecule has 0 bridgehead atoms. The maximum Gasteiger partial charge on any atom is 0.270 e. The Morgan fingerprint density at radius 1 is 1.21 bits per heavy atom. The van der Waals surface area contributed by atoms with Crippen molar-refractivity contribution in [3.63, 3.8) is 0 Å². The van der Waals surface area contributed by atoms with Crippen LogP contribution in [0.25, 0.3) is 0 Å². The van der Waals surface area contributed by atoms with Crippen LogP contribution in [0.4, 0.5) is 17.1 Å². The topological polar surface area (TPSA) is 49.6 Å². The largest absolute Gasteiger partial charge is 0.397 e. The second-order valence-electron chi connectivity index (χ2n) is 4.57. The number of fused-ring (bicyclic) bond motifs is 1. The molecule has 1 aromatic carbocycles. The number of nitrogen functional groups attached to an aromatic ring is 1. The van der Waals surface area contributed by atoms with E-state index < -0.39 is 0 Å². The summed E-state index contributed by atoms with van der Waals surface area (Å²) in [6.07, 6.45) is 0. The van der Waals surface area contributed by atoms with E-state index in [0.717, 1.165) is 17.9 Å². The van der Waals surface area contributed by atoms with Crippen LogP contribution in [-0.2, 0) is 0 Å². The fourth-order valence-electron chi connectivity index (χ4n) is 2.33. The predicted molar refractivity (Wildman–Crippen MR) is 80.1 cm³/mol. The number of likely N-dealkylation sites (N-methyl/N-ethyl adjacent to an activating group) is 1. The molecule has 4 nitrogen and oxygen atoms in total. The molecule has 0 fully saturated rings. The van der Waals surface area contributed by atoms with Gasteiger partial charge in [-0.1, -0.05) is 12.1 Å². The fourth-order valence-corrected chi connectivity index (χ4v) is 3.10. The van der Waals surface area contributed by atoms with Gasteiger partial charge in [-0.2, -0.15) is 0 Å². The lowest BCUT2D eigenvalue weighted by Crippen LogP contribution is -2.42. The third kappa shape index (κ3) is 1.96. The van der Waals surface area contributed by atoms with Gasteiger partial charge in [-0.05, 0) is 23.6 Å². The molecule has 0 unspecified atom stereocenters. The quantitative estimate of drug-likeness (QED) is 0.868. The molecular weight excluding hydrogens is 258 g/mol. The summed E-state index contributed by atoms with van der Waals surface area (Å²) in [6, 6.07) is 9.73. The zero-order valence-electron chi connectivity index (χ0n) is 10.7. The number of hydrogen-bond donors (Lipinski definition) is 1. The minimum Gasteiger partial charge on any atom is -0.397 e. The summed E-state index contributed by atoms with van der Waals surface area (Å²) in [6.45, 7) is 1.51. The Morgan fingerprint density at radius 2 is 1.95 bits per heavy atom. The van der Waals surface area contributed by atoms with Gasteiger partial charge in [0.25, 0.3) is 5.91 Å². The van der Waals surface area contributed by atoms with Gasteiger partial charge in [0, 0.05) is 20.1 Å². The maximum atomic E-state index is 12.6. The molecule has 3 rings (SSSR count). The summed E-state index contributed by atoms with van der Waals surface area (Å²) in [5.41, 5.74) is 8.44. The third-order valence-corrected chi connectivity index (χ3v) is 4.30. The summed E-state index contributed by atoms with van der Waals surface area (Å²) in [5, 5.41) is 1.85. The molecule has 2 aromatic rings. The molecule has 1 aliphatic rings. The molecular formula is C14H15N3OS. The molecule has 1 amide bonds. The Kier molecular flexibility index (Phi) is 2.91. The molecule has 0 saturated heterocycles. The van der Waals surface area contributed by atoms with Crippen molar-refractivity contribution in [3.8, 4) is 0 Å². The van der Waals surface area contributed by atoms with Crippen LogP contribution >= 0.6 is 11.3 Å². The van der Waals surface area contributed by atoms with Gasteiger partial charge in [0.2, 0.25) is 0 Å². The van der Waals surface area contributed by atoms with Gasteiger partial charge >= 0.3 is 0 Å². The van der Waals surface area contributed by atoms with E-state index in [-0.39, 0.29) is 5.91 Å². The van der Waals surface area contributed by atoms with Crippen molar-refractivity contribution in [3.05, 3.63) is 40.6 Å². The SMILES string of the molecule is CN1CCN(C(=O)c2sccc2N)c2ccccc21. The highest BCUT2D eigenvalue weighted by Gasteiger charge is 2.27. The highest BCUT2D eigenvalue weighted by molar-refractivity contribution is 7.12. The number of nitrogens with two attached hydrogens (primary N) is 1. The van der Waals surface area contributed by atoms with Crippen LogP contribution in [-0.4, -0.2) is 26.0 Å². The van der Waals surface area contributed by atoms with E-state index >= 15 is 0 Å². The molecule has 19 heavy (non-hydrogen) atoms. The zero-order valence-corrected chi connectivity index (χ0v) is 11.5. The molecule has 2 N–H and O–H groups in total. The Hall–Kier alpha value is -2.01. The zero-order chi connectivity index (χ0) is 13.4. The minimum atomic E-state index is -0.00644. The second-order valence-corrected chi connectivity index (χ2v) is 5.49.